The van der Waals surface area contributed by atoms with Gasteiger partial charge in [0.2, 0.25) is 0 Å². The summed E-state index contributed by atoms with van der Waals surface area (Å²) in [5.74, 6) is -0.951. The van der Waals surface area contributed by atoms with Gasteiger partial charge in [-0.05, 0) is 19.4 Å². The van der Waals surface area contributed by atoms with Gasteiger partial charge in [0.25, 0.3) is 0 Å². The second-order valence-electron chi connectivity index (χ2n) is 6.05. The van der Waals surface area contributed by atoms with Crippen molar-refractivity contribution in [2.24, 2.45) is 0 Å². The second kappa shape index (κ2) is 14.1. The minimum atomic E-state index is -0.951. The van der Waals surface area contributed by atoms with Gasteiger partial charge < -0.3 is 10.2 Å². The SMILES string of the molecule is CCCCCCCCCCCCCC(O)C=C(C)C(=O)O. The number of unbranched alkanes of at least 4 members (excludes halogenated alkanes) is 10. The lowest BCUT2D eigenvalue weighted by Gasteiger charge is -2.06. The summed E-state index contributed by atoms with van der Waals surface area (Å²) in [4.78, 5) is 10.6. The standard InChI is InChI=1S/C18H34O3/c1-3-4-5-6-7-8-9-10-11-12-13-14-17(19)15-16(2)18(20)21/h15,17,19H,3-14H2,1-2H3,(H,20,21). The monoisotopic (exact) mass is 298 g/mol. The molecule has 2 N–H and O–H groups in total. The van der Waals surface area contributed by atoms with Crippen molar-refractivity contribution in [1.29, 1.82) is 0 Å². The summed E-state index contributed by atoms with van der Waals surface area (Å²) in [7, 11) is 0. The van der Waals surface area contributed by atoms with Gasteiger partial charge in [-0.1, -0.05) is 77.6 Å². The van der Waals surface area contributed by atoms with E-state index in [9.17, 15) is 9.90 Å². The van der Waals surface area contributed by atoms with Crippen LogP contribution in [0.2, 0.25) is 0 Å². The van der Waals surface area contributed by atoms with Crippen LogP contribution in [0.25, 0.3) is 0 Å². The number of aliphatic carboxylic acids is 1. The largest absolute Gasteiger partial charge is 0.478 e. The van der Waals surface area contributed by atoms with Crippen LogP contribution in [0.1, 0.15) is 90.9 Å². The van der Waals surface area contributed by atoms with Crippen molar-refractivity contribution in [2.45, 2.75) is 97.0 Å². The molecule has 0 aliphatic heterocycles. The Balaban J connectivity index is 3.32. The fraction of sp³-hybridized carbons (Fsp3) is 0.833. The number of aliphatic hydroxyl groups excluding tert-OH is 1. The Bertz CT molecular complexity index is 284. The van der Waals surface area contributed by atoms with E-state index in [-0.39, 0.29) is 5.57 Å². The average molecular weight is 298 g/mol. The van der Waals surface area contributed by atoms with E-state index in [1.165, 1.54) is 70.8 Å². The zero-order valence-corrected chi connectivity index (χ0v) is 13.9. The zero-order valence-electron chi connectivity index (χ0n) is 13.9. The summed E-state index contributed by atoms with van der Waals surface area (Å²) in [6.45, 7) is 3.77. The highest BCUT2D eigenvalue weighted by molar-refractivity contribution is 5.85. The quantitative estimate of drug-likeness (QED) is 0.347. The van der Waals surface area contributed by atoms with Gasteiger partial charge in [0.15, 0.2) is 0 Å². The third kappa shape index (κ3) is 13.9. The minimum Gasteiger partial charge on any atom is -0.478 e. The predicted octanol–water partition coefficient (Wildman–Crippen LogP) is 5.08. The van der Waals surface area contributed by atoms with E-state index in [4.69, 9.17) is 5.11 Å². The molecule has 0 saturated heterocycles. The lowest BCUT2D eigenvalue weighted by molar-refractivity contribution is -0.132. The van der Waals surface area contributed by atoms with Crippen LogP contribution in [-0.2, 0) is 4.79 Å². The molecule has 0 aromatic heterocycles. The summed E-state index contributed by atoms with van der Waals surface area (Å²) < 4.78 is 0. The molecule has 0 aliphatic carbocycles. The van der Waals surface area contributed by atoms with Crippen molar-refractivity contribution in [2.75, 3.05) is 0 Å². The lowest BCUT2D eigenvalue weighted by atomic mass is 10.0. The Hall–Kier alpha value is -0.830. The molecular weight excluding hydrogens is 264 g/mol. The van der Waals surface area contributed by atoms with E-state index in [0.29, 0.717) is 6.42 Å². The first-order chi connectivity index (χ1) is 10.1. The third-order valence-electron chi connectivity index (χ3n) is 3.88. The highest BCUT2D eigenvalue weighted by Gasteiger charge is 2.05. The first-order valence-corrected chi connectivity index (χ1v) is 8.67. The number of aliphatic hydroxyl groups is 1. The summed E-state index contributed by atoms with van der Waals surface area (Å²) >= 11 is 0. The molecule has 0 radical (unpaired) electrons. The van der Waals surface area contributed by atoms with Gasteiger partial charge in [-0.2, -0.15) is 0 Å². The van der Waals surface area contributed by atoms with Crippen LogP contribution in [0.4, 0.5) is 0 Å². The van der Waals surface area contributed by atoms with E-state index in [1.54, 1.807) is 0 Å². The maximum absolute atomic E-state index is 10.6. The average Bonchev–Trinajstić information content (AvgIpc) is 2.44. The smallest absolute Gasteiger partial charge is 0.331 e. The van der Waals surface area contributed by atoms with Gasteiger partial charge in [0.05, 0.1) is 6.10 Å². The normalized spacial score (nSPS) is 13.4. The third-order valence-corrected chi connectivity index (χ3v) is 3.88. The summed E-state index contributed by atoms with van der Waals surface area (Å²) in [6.07, 6.45) is 15.6. The number of carboxylic acid groups (broad SMARTS) is 1. The van der Waals surface area contributed by atoms with Crippen molar-refractivity contribution in [3.05, 3.63) is 11.6 Å². The fourth-order valence-electron chi connectivity index (χ4n) is 2.46. The highest BCUT2D eigenvalue weighted by Crippen LogP contribution is 2.13. The number of hydrogen-bond donors (Lipinski definition) is 2. The molecule has 0 aromatic rings. The molecule has 0 aliphatic rings. The molecule has 3 nitrogen and oxygen atoms in total. The fourth-order valence-corrected chi connectivity index (χ4v) is 2.46. The molecular formula is C18H34O3. The number of carboxylic acids is 1. The number of hydrogen-bond acceptors (Lipinski definition) is 2. The molecule has 0 amide bonds. The molecule has 21 heavy (non-hydrogen) atoms. The Morgan fingerprint density at radius 3 is 1.76 bits per heavy atom. The molecule has 0 fully saturated rings. The van der Waals surface area contributed by atoms with Crippen molar-refractivity contribution in [3.8, 4) is 0 Å². The van der Waals surface area contributed by atoms with E-state index < -0.39 is 12.1 Å². The number of rotatable bonds is 14. The Morgan fingerprint density at radius 2 is 1.33 bits per heavy atom. The Labute approximate surface area is 130 Å². The van der Waals surface area contributed by atoms with E-state index >= 15 is 0 Å². The lowest BCUT2D eigenvalue weighted by Crippen LogP contribution is -2.06. The van der Waals surface area contributed by atoms with Gasteiger partial charge in [-0.25, -0.2) is 4.79 Å². The van der Waals surface area contributed by atoms with Gasteiger partial charge >= 0.3 is 5.97 Å². The Morgan fingerprint density at radius 1 is 0.905 bits per heavy atom. The van der Waals surface area contributed by atoms with E-state index in [1.807, 2.05) is 0 Å². The van der Waals surface area contributed by atoms with Gasteiger partial charge in [-0.3, -0.25) is 0 Å². The van der Waals surface area contributed by atoms with E-state index in [2.05, 4.69) is 6.92 Å². The van der Waals surface area contributed by atoms with Crippen molar-refractivity contribution >= 4 is 5.97 Å². The van der Waals surface area contributed by atoms with Crippen LogP contribution in [-0.4, -0.2) is 22.3 Å². The molecule has 0 rings (SSSR count). The van der Waals surface area contributed by atoms with Crippen molar-refractivity contribution in [1.82, 2.24) is 0 Å². The molecule has 0 spiro atoms. The minimum absolute atomic E-state index is 0.227. The molecule has 0 bridgehead atoms. The number of carbonyl (C=O) groups is 1. The first-order valence-electron chi connectivity index (χ1n) is 8.67. The summed E-state index contributed by atoms with van der Waals surface area (Å²) in [5.41, 5.74) is 0.227. The van der Waals surface area contributed by atoms with Crippen LogP contribution in [0.5, 0.6) is 0 Å². The van der Waals surface area contributed by atoms with Gasteiger partial charge in [0.1, 0.15) is 0 Å². The molecule has 1 unspecified atom stereocenters. The topological polar surface area (TPSA) is 57.5 Å². The van der Waals surface area contributed by atoms with Crippen molar-refractivity contribution in [3.63, 3.8) is 0 Å². The maximum Gasteiger partial charge on any atom is 0.331 e. The maximum atomic E-state index is 10.6. The zero-order chi connectivity index (χ0) is 15.9. The van der Waals surface area contributed by atoms with Crippen LogP contribution < -0.4 is 0 Å². The van der Waals surface area contributed by atoms with Gasteiger partial charge in [0, 0.05) is 5.57 Å². The summed E-state index contributed by atoms with van der Waals surface area (Å²) in [5, 5.41) is 18.4. The van der Waals surface area contributed by atoms with Crippen LogP contribution in [0, 0.1) is 0 Å². The molecule has 0 heterocycles. The van der Waals surface area contributed by atoms with Gasteiger partial charge in [-0.15, -0.1) is 0 Å². The molecule has 124 valence electrons. The van der Waals surface area contributed by atoms with Crippen LogP contribution in [0.3, 0.4) is 0 Å². The van der Waals surface area contributed by atoms with Crippen LogP contribution >= 0.6 is 0 Å². The molecule has 1 atom stereocenters. The molecule has 0 saturated carbocycles. The Kier molecular flexibility index (Phi) is 13.6. The first kappa shape index (κ1) is 20.2. The highest BCUT2D eigenvalue weighted by atomic mass is 16.4. The molecule has 3 heteroatoms. The van der Waals surface area contributed by atoms with Crippen molar-refractivity contribution < 1.29 is 15.0 Å². The molecule has 0 aromatic carbocycles. The predicted molar refractivity (Wildman–Crippen MR) is 88.5 cm³/mol. The van der Waals surface area contributed by atoms with Crippen LogP contribution in [0.15, 0.2) is 11.6 Å². The summed E-state index contributed by atoms with van der Waals surface area (Å²) in [6, 6.07) is 0. The second-order valence-corrected chi connectivity index (χ2v) is 6.05. The van der Waals surface area contributed by atoms with E-state index in [0.717, 1.165) is 12.8 Å².